The lowest BCUT2D eigenvalue weighted by atomic mass is 10.0. The summed E-state index contributed by atoms with van der Waals surface area (Å²) in [5, 5.41) is 10.7. The Kier molecular flexibility index (Phi) is 5.33. The number of aromatic nitrogens is 5. The van der Waals surface area contributed by atoms with Crippen LogP contribution in [0.2, 0.25) is 0 Å². The van der Waals surface area contributed by atoms with E-state index in [0.717, 1.165) is 7.05 Å². The van der Waals surface area contributed by atoms with Crippen LogP contribution in [0.3, 0.4) is 0 Å². The van der Waals surface area contributed by atoms with Gasteiger partial charge in [-0.1, -0.05) is 12.1 Å². The maximum atomic E-state index is 13.3. The second-order valence-corrected chi connectivity index (χ2v) is 9.00. The Bertz CT molecular complexity index is 1410. The highest BCUT2D eigenvalue weighted by molar-refractivity contribution is 7.91. The van der Waals surface area contributed by atoms with Crippen LogP contribution >= 0.6 is 0 Å². The first-order valence-corrected chi connectivity index (χ1v) is 10.8. The van der Waals surface area contributed by atoms with Crippen LogP contribution in [-0.2, 0) is 29.5 Å². The smallest absolute Gasteiger partial charge is 0.294 e. The molecule has 0 aliphatic carbocycles. The normalized spacial score (nSPS) is 12.4. The number of Topliss-reactive ketones (excluding diaryl/α,β-unsaturated/α-hetero) is 1. The molecule has 1 aromatic carbocycles. The fourth-order valence-corrected chi connectivity index (χ4v) is 4.73. The molecule has 3 aromatic heterocycles. The molecule has 0 amide bonds. The number of carbonyl (C=O) groups is 1. The zero-order valence-corrected chi connectivity index (χ0v) is 17.4. The zero-order valence-electron chi connectivity index (χ0n) is 16.6. The van der Waals surface area contributed by atoms with Gasteiger partial charge in [0.2, 0.25) is 9.84 Å². The standard InChI is InChI=1S/C20H16F3N5O3S/c1-28-18(20(21,22)23)17(11-26-28)32(30,31)15-5-2-12(3-6-15)4-7-16(29)13-8-14-10-25-27-19(14)24-9-13/h2-3,5-6,8-11H,4,7H2,1H3,(H,24,25,27). The first-order chi connectivity index (χ1) is 15.1. The number of H-pyrrole nitrogens is 1. The third kappa shape index (κ3) is 4.00. The third-order valence-electron chi connectivity index (χ3n) is 4.95. The summed E-state index contributed by atoms with van der Waals surface area (Å²) >= 11 is 0. The van der Waals surface area contributed by atoms with Crippen LogP contribution < -0.4 is 0 Å². The van der Waals surface area contributed by atoms with E-state index >= 15 is 0 Å². The molecule has 0 saturated heterocycles. The number of fused-ring (bicyclic) bond motifs is 1. The van der Waals surface area contributed by atoms with Crippen molar-refractivity contribution < 1.29 is 26.4 Å². The van der Waals surface area contributed by atoms with Crippen molar-refractivity contribution in [2.24, 2.45) is 7.05 Å². The Morgan fingerprint density at radius 2 is 1.84 bits per heavy atom. The number of sulfone groups is 1. The molecule has 0 unspecified atom stereocenters. The molecule has 4 rings (SSSR count). The molecular formula is C20H16F3N5O3S. The van der Waals surface area contributed by atoms with Gasteiger partial charge in [-0.2, -0.15) is 23.4 Å². The first-order valence-electron chi connectivity index (χ1n) is 9.33. The Balaban J connectivity index is 1.50. The maximum Gasteiger partial charge on any atom is 0.434 e. The predicted molar refractivity (Wildman–Crippen MR) is 107 cm³/mol. The van der Waals surface area contributed by atoms with Gasteiger partial charge in [-0.25, -0.2) is 13.4 Å². The minimum Gasteiger partial charge on any atom is -0.294 e. The number of benzene rings is 1. The summed E-state index contributed by atoms with van der Waals surface area (Å²) in [4.78, 5) is 15.4. The van der Waals surface area contributed by atoms with Crippen molar-refractivity contribution in [2.45, 2.75) is 28.8 Å². The van der Waals surface area contributed by atoms with Crippen LogP contribution in [0.1, 0.15) is 28.0 Å². The quantitative estimate of drug-likeness (QED) is 0.439. The number of aromatic amines is 1. The molecule has 4 aromatic rings. The average molecular weight is 463 g/mol. The van der Waals surface area contributed by atoms with E-state index in [4.69, 9.17) is 0 Å². The summed E-state index contributed by atoms with van der Waals surface area (Å²) in [6, 6.07) is 7.07. The topological polar surface area (TPSA) is 111 Å². The largest absolute Gasteiger partial charge is 0.434 e. The highest BCUT2D eigenvalue weighted by atomic mass is 32.2. The number of carbonyl (C=O) groups excluding carboxylic acids is 1. The average Bonchev–Trinajstić information content (AvgIpc) is 3.38. The molecule has 0 bridgehead atoms. The van der Waals surface area contributed by atoms with E-state index in [0.29, 0.717) is 39.5 Å². The van der Waals surface area contributed by atoms with Crippen LogP contribution in [0.25, 0.3) is 11.0 Å². The van der Waals surface area contributed by atoms with Gasteiger partial charge in [-0.05, 0) is 30.2 Å². The lowest BCUT2D eigenvalue weighted by Crippen LogP contribution is -2.16. The van der Waals surface area contributed by atoms with E-state index in [1.54, 1.807) is 12.3 Å². The minimum absolute atomic E-state index is 0.150. The van der Waals surface area contributed by atoms with E-state index in [1.807, 2.05) is 0 Å². The molecule has 8 nitrogen and oxygen atoms in total. The van der Waals surface area contributed by atoms with Crippen LogP contribution in [-0.4, -0.2) is 39.2 Å². The van der Waals surface area contributed by atoms with Crippen LogP contribution in [0.5, 0.6) is 0 Å². The van der Waals surface area contributed by atoms with Gasteiger partial charge >= 0.3 is 6.18 Å². The number of halogens is 3. The summed E-state index contributed by atoms with van der Waals surface area (Å²) in [6.45, 7) is 0. The van der Waals surface area contributed by atoms with E-state index in [9.17, 15) is 26.4 Å². The van der Waals surface area contributed by atoms with Crippen molar-refractivity contribution in [1.82, 2.24) is 25.0 Å². The number of rotatable bonds is 6. The lowest BCUT2D eigenvalue weighted by molar-refractivity contribution is -0.146. The number of alkyl halides is 3. The number of hydrogen-bond donors (Lipinski definition) is 1. The SMILES string of the molecule is Cn1ncc(S(=O)(=O)c2ccc(CCC(=O)c3cnc4[nH]ncc4c3)cc2)c1C(F)(F)F. The number of ketones is 1. The molecule has 166 valence electrons. The Morgan fingerprint density at radius 1 is 1.12 bits per heavy atom. The van der Waals surface area contributed by atoms with Crippen LogP contribution in [0, 0.1) is 0 Å². The van der Waals surface area contributed by atoms with Crippen molar-refractivity contribution >= 4 is 26.7 Å². The molecule has 0 aliphatic rings. The number of aryl methyl sites for hydroxylation is 2. The van der Waals surface area contributed by atoms with Gasteiger partial charge in [-0.3, -0.25) is 14.6 Å². The molecule has 0 saturated carbocycles. The third-order valence-corrected chi connectivity index (χ3v) is 6.72. The van der Waals surface area contributed by atoms with Gasteiger partial charge < -0.3 is 0 Å². The first kappa shape index (κ1) is 21.7. The molecule has 0 radical (unpaired) electrons. The Labute approximate surface area is 180 Å². The van der Waals surface area contributed by atoms with Crippen molar-refractivity contribution in [3.05, 3.63) is 65.7 Å². The molecule has 0 atom stereocenters. The fraction of sp³-hybridized carbons (Fsp3) is 0.200. The van der Waals surface area contributed by atoms with E-state index in [2.05, 4.69) is 20.3 Å². The summed E-state index contributed by atoms with van der Waals surface area (Å²) in [5.74, 6) is -0.150. The van der Waals surface area contributed by atoms with Crippen molar-refractivity contribution in [3.8, 4) is 0 Å². The van der Waals surface area contributed by atoms with E-state index < -0.39 is 26.6 Å². The summed E-state index contributed by atoms with van der Waals surface area (Å²) in [5.41, 5.74) is 0.322. The van der Waals surface area contributed by atoms with Crippen molar-refractivity contribution in [2.75, 3.05) is 0 Å². The van der Waals surface area contributed by atoms with Gasteiger partial charge in [-0.15, -0.1) is 0 Å². The zero-order chi connectivity index (χ0) is 23.1. The van der Waals surface area contributed by atoms with E-state index in [-0.39, 0.29) is 17.1 Å². The fourth-order valence-electron chi connectivity index (χ4n) is 3.29. The van der Waals surface area contributed by atoms with Gasteiger partial charge in [0.15, 0.2) is 17.1 Å². The summed E-state index contributed by atoms with van der Waals surface area (Å²) in [7, 11) is -3.40. The molecule has 0 fully saturated rings. The molecule has 12 heteroatoms. The highest BCUT2D eigenvalue weighted by Crippen LogP contribution is 2.36. The molecule has 3 heterocycles. The van der Waals surface area contributed by atoms with Crippen LogP contribution in [0.15, 0.2) is 58.7 Å². The van der Waals surface area contributed by atoms with Gasteiger partial charge in [0, 0.05) is 30.6 Å². The molecular weight excluding hydrogens is 447 g/mol. The van der Waals surface area contributed by atoms with Crippen LogP contribution in [0.4, 0.5) is 13.2 Å². The monoisotopic (exact) mass is 463 g/mol. The van der Waals surface area contributed by atoms with Crippen molar-refractivity contribution in [1.29, 1.82) is 0 Å². The number of nitrogens with zero attached hydrogens (tertiary/aromatic N) is 4. The number of hydrogen-bond acceptors (Lipinski definition) is 6. The maximum absolute atomic E-state index is 13.3. The predicted octanol–water partition coefficient (Wildman–Crippen LogP) is 3.36. The molecule has 0 spiro atoms. The Morgan fingerprint density at radius 3 is 2.53 bits per heavy atom. The minimum atomic E-state index is -4.87. The van der Waals surface area contributed by atoms with Crippen molar-refractivity contribution in [3.63, 3.8) is 0 Å². The Hall–Kier alpha value is -3.54. The van der Waals surface area contributed by atoms with E-state index in [1.165, 1.54) is 30.5 Å². The van der Waals surface area contributed by atoms with Gasteiger partial charge in [0.1, 0.15) is 4.90 Å². The summed E-state index contributed by atoms with van der Waals surface area (Å²) < 4.78 is 65.8. The summed E-state index contributed by atoms with van der Waals surface area (Å²) in [6.07, 6.45) is -0.700. The second-order valence-electron chi connectivity index (χ2n) is 7.08. The molecule has 0 aliphatic heterocycles. The second kappa shape index (κ2) is 7.86. The molecule has 32 heavy (non-hydrogen) atoms. The lowest BCUT2D eigenvalue weighted by Gasteiger charge is -2.11. The molecule has 1 N–H and O–H groups in total. The number of nitrogens with one attached hydrogen (secondary N) is 1. The van der Waals surface area contributed by atoms with Gasteiger partial charge in [0.25, 0.3) is 0 Å². The number of pyridine rings is 1. The highest BCUT2D eigenvalue weighted by Gasteiger charge is 2.41. The van der Waals surface area contributed by atoms with Gasteiger partial charge in [0.05, 0.1) is 17.3 Å².